The van der Waals surface area contributed by atoms with Gasteiger partial charge in [-0.1, -0.05) is 36.4 Å². The summed E-state index contributed by atoms with van der Waals surface area (Å²) in [5.41, 5.74) is 5.31. The smallest absolute Gasteiger partial charge is 0.487 e. The molecule has 0 unspecified atom stereocenters. The van der Waals surface area contributed by atoms with Crippen LogP contribution in [0.5, 0.6) is 0 Å². The van der Waals surface area contributed by atoms with Crippen molar-refractivity contribution < 1.29 is 10.0 Å². The van der Waals surface area contributed by atoms with Gasteiger partial charge >= 0.3 is 10.9 Å². The van der Waals surface area contributed by atoms with Gasteiger partial charge in [-0.3, -0.25) is 10.1 Å². The van der Waals surface area contributed by atoms with Gasteiger partial charge in [0, 0.05) is 0 Å². The summed E-state index contributed by atoms with van der Waals surface area (Å²) < 4.78 is 0. The van der Waals surface area contributed by atoms with Gasteiger partial charge in [0.15, 0.2) is 20.7 Å². The number of hydrogen-bond donors (Lipinski definition) is 2. The average Bonchev–Trinajstić information content (AvgIpc) is 2.45. The number of nitrogens with two attached hydrogens (primary N) is 1. The van der Waals surface area contributed by atoms with Crippen LogP contribution in [0.15, 0.2) is 81.4 Å². The second kappa shape index (κ2) is 6.12. The van der Waals surface area contributed by atoms with Crippen LogP contribution in [0.2, 0.25) is 0 Å². The second-order valence-corrected chi connectivity index (χ2v) is 5.82. The lowest BCUT2D eigenvalue weighted by atomic mass is 10.4. The molecule has 0 aliphatic rings. The molecule has 6 heteroatoms. The zero-order valence-corrected chi connectivity index (χ0v) is 11.3. The Kier molecular flexibility index (Phi) is 4.27. The van der Waals surface area contributed by atoms with E-state index < -0.39 is 21.7 Å². The van der Waals surface area contributed by atoms with E-state index in [1.165, 1.54) is 0 Å². The van der Waals surface area contributed by atoms with Crippen LogP contribution in [0.25, 0.3) is 0 Å². The normalized spacial score (nSPS) is 12.1. The summed E-state index contributed by atoms with van der Waals surface area (Å²) >= 11 is 0. The maximum atomic E-state index is 11.2. The Morgan fingerprint density at radius 2 is 1.40 bits per heavy atom. The molecule has 0 aliphatic carbocycles. The van der Waals surface area contributed by atoms with E-state index in [9.17, 15) is 15.2 Å². The van der Waals surface area contributed by atoms with Crippen molar-refractivity contribution in [2.45, 2.75) is 9.79 Å². The molecular weight excluding hydrogens is 276 g/mol. The zero-order chi connectivity index (χ0) is 14.5. The summed E-state index contributed by atoms with van der Waals surface area (Å²) in [4.78, 5) is 12.1. The molecule has 0 spiro atoms. The number of nitro groups is 1. The molecule has 3 N–H and O–H groups in total. The summed E-state index contributed by atoms with van der Waals surface area (Å²) in [6.45, 7) is 0. The lowest BCUT2D eigenvalue weighted by molar-refractivity contribution is -0.414. The molecule has 5 nitrogen and oxygen atoms in total. The quantitative estimate of drug-likeness (QED) is 0.392. The van der Waals surface area contributed by atoms with Gasteiger partial charge in [-0.15, -0.1) is 0 Å². The van der Waals surface area contributed by atoms with E-state index in [2.05, 4.69) is 0 Å². The van der Waals surface area contributed by atoms with E-state index >= 15 is 0 Å². The van der Waals surface area contributed by atoms with E-state index in [1.54, 1.807) is 48.5 Å². The van der Waals surface area contributed by atoms with E-state index in [0.29, 0.717) is 0 Å². The molecule has 2 aromatic rings. The minimum absolute atomic E-state index is 0.387. The molecule has 2 aromatic carbocycles. The van der Waals surface area contributed by atoms with E-state index in [0.717, 1.165) is 9.79 Å². The maximum Gasteiger partial charge on any atom is 0.512 e. The van der Waals surface area contributed by atoms with Crippen molar-refractivity contribution in [3.63, 3.8) is 0 Å². The van der Waals surface area contributed by atoms with Gasteiger partial charge < -0.3 is 10.8 Å². The van der Waals surface area contributed by atoms with Gasteiger partial charge in [0.25, 0.3) is 0 Å². The lowest BCUT2D eigenvalue weighted by Crippen LogP contribution is -2.19. The molecular formula is C14H13N2O3S+. The molecule has 102 valence electrons. The first-order chi connectivity index (χ1) is 9.61. The maximum absolute atomic E-state index is 11.2. The molecule has 0 heterocycles. The summed E-state index contributed by atoms with van der Waals surface area (Å²) in [7, 11) is -1.04. The van der Waals surface area contributed by atoms with E-state index in [-0.39, 0.29) is 5.03 Å². The second-order valence-electron chi connectivity index (χ2n) is 3.88. The van der Waals surface area contributed by atoms with Crippen LogP contribution >= 0.6 is 0 Å². The van der Waals surface area contributed by atoms with Crippen molar-refractivity contribution in [2.24, 2.45) is 5.73 Å². The third-order valence-electron chi connectivity index (χ3n) is 2.54. The molecule has 0 radical (unpaired) electrons. The highest BCUT2D eigenvalue weighted by Gasteiger charge is 2.43. The van der Waals surface area contributed by atoms with Crippen LogP contribution in [0.1, 0.15) is 0 Å². The van der Waals surface area contributed by atoms with Crippen molar-refractivity contribution in [3.05, 3.63) is 81.7 Å². The summed E-state index contributed by atoms with van der Waals surface area (Å²) in [5, 5.41) is 20.4. The molecule has 0 atom stereocenters. The van der Waals surface area contributed by atoms with Gasteiger partial charge in [0.1, 0.15) is 4.92 Å². The van der Waals surface area contributed by atoms with Crippen LogP contribution in [-0.4, -0.2) is 10.0 Å². The molecule has 0 saturated carbocycles. The lowest BCUT2D eigenvalue weighted by Gasteiger charge is -2.04. The Bertz CT molecular complexity index is 586. The molecule has 0 fully saturated rings. The number of rotatable bonds is 4. The minimum atomic E-state index is -1.04. The van der Waals surface area contributed by atoms with Gasteiger partial charge in [0.2, 0.25) is 0 Å². The third kappa shape index (κ3) is 2.92. The Morgan fingerprint density at radius 1 is 1.00 bits per heavy atom. The van der Waals surface area contributed by atoms with Gasteiger partial charge in [-0.25, -0.2) is 0 Å². The van der Waals surface area contributed by atoms with Gasteiger partial charge in [0.05, 0.1) is 0 Å². The Morgan fingerprint density at radius 3 is 1.70 bits per heavy atom. The first-order valence-corrected chi connectivity index (χ1v) is 7.01. The highest BCUT2D eigenvalue weighted by Crippen LogP contribution is 2.30. The van der Waals surface area contributed by atoms with Crippen LogP contribution in [0.3, 0.4) is 0 Å². The van der Waals surface area contributed by atoms with Crippen molar-refractivity contribution in [1.29, 1.82) is 0 Å². The predicted octanol–water partition coefficient (Wildman–Crippen LogP) is 2.64. The first kappa shape index (κ1) is 14.0. The minimum Gasteiger partial charge on any atom is -0.487 e. The summed E-state index contributed by atoms with van der Waals surface area (Å²) in [5.74, 6) is -0.758. The Balaban J connectivity index is 2.62. The SMILES string of the molecule is NC(O)=C([N+](=O)[O-])[S+](c1ccccc1)c1ccccc1. The predicted molar refractivity (Wildman–Crippen MR) is 77.6 cm³/mol. The third-order valence-corrected chi connectivity index (χ3v) is 4.77. The van der Waals surface area contributed by atoms with Crippen LogP contribution in [0, 0.1) is 10.1 Å². The number of aliphatic hydroxyl groups excluding tert-OH is 1. The monoisotopic (exact) mass is 289 g/mol. The van der Waals surface area contributed by atoms with Crippen molar-refractivity contribution in [1.82, 2.24) is 0 Å². The molecule has 0 saturated heterocycles. The van der Waals surface area contributed by atoms with Crippen molar-refractivity contribution in [3.8, 4) is 0 Å². The van der Waals surface area contributed by atoms with E-state index in [1.807, 2.05) is 12.1 Å². The highest BCUT2D eigenvalue weighted by atomic mass is 32.2. The topological polar surface area (TPSA) is 89.4 Å². The fourth-order valence-electron chi connectivity index (χ4n) is 1.75. The number of hydrogen-bond acceptors (Lipinski definition) is 4. The molecule has 20 heavy (non-hydrogen) atoms. The Hall–Kier alpha value is -2.47. The molecule has 0 aromatic heterocycles. The fraction of sp³-hybridized carbons (Fsp3) is 0. The van der Waals surface area contributed by atoms with E-state index in [4.69, 9.17) is 5.73 Å². The van der Waals surface area contributed by atoms with Crippen molar-refractivity contribution in [2.75, 3.05) is 0 Å². The van der Waals surface area contributed by atoms with Gasteiger partial charge in [-0.05, 0) is 24.3 Å². The molecule has 0 bridgehead atoms. The molecule has 2 rings (SSSR count). The summed E-state index contributed by atoms with van der Waals surface area (Å²) in [6, 6.07) is 18.0. The number of aliphatic hydroxyl groups is 1. The fourth-order valence-corrected chi connectivity index (χ4v) is 3.68. The summed E-state index contributed by atoms with van der Waals surface area (Å²) in [6.07, 6.45) is 0. The van der Waals surface area contributed by atoms with Crippen LogP contribution < -0.4 is 5.73 Å². The van der Waals surface area contributed by atoms with Crippen LogP contribution in [-0.2, 0) is 10.9 Å². The first-order valence-electron chi connectivity index (χ1n) is 5.78. The van der Waals surface area contributed by atoms with Gasteiger partial charge in [-0.2, -0.15) is 0 Å². The van der Waals surface area contributed by atoms with Crippen LogP contribution in [0.4, 0.5) is 0 Å². The largest absolute Gasteiger partial charge is 0.512 e. The highest BCUT2D eigenvalue weighted by molar-refractivity contribution is 8.00. The van der Waals surface area contributed by atoms with Crippen molar-refractivity contribution >= 4 is 10.9 Å². The standard InChI is InChI=1S/C14H12N2O3S/c15-13(17)14(16(18)19)20(11-7-3-1-4-8-11)12-9-5-2-6-10-12/h1-10H,15H2/p+1. The number of nitrogens with zero attached hydrogens (tertiary/aromatic N) is 1. The molecule has 0 amide bonds. The average molecular weight is 289 g/mol. The molecule has 0 aliphatic heterocycles. The number of benzene rings is 2. The zero-order valence-electron chi connectivity index (χ0n) is 10.5. The Labute approximate surface area is 118 Å².